The summed E-state index contributed by atoms with van der Waals surface area (Å²) < 4.78 is 19.1. The molecule has 1 fully saturated rings. The molecule has 2 nitrogen and oxygen atoms in total. The molecular weight excluding hydrogens is 231 g/mol. The summed E-state index contributed by atoms with van der Waals surface area (Å²) in [4.78, 5) is 0. The van der Waals surface area contributed by atoms with Gasteiger partial charge in [-0.2, -0.15) is 0 Å². The van der Waals surface area contributed by atoms with Crippen molar-refractivity contribution in [1.29, 1.82) is 0 Å². The van der Waals surface area contributed by atoms with Gasteiger partial charge in [0.25, 0.3) is 0 Å². The van der Waals surface area contributed by atoms with Gasteiger partial charge in [-0.05, 0) is 56.7 Å². The second-order valence-electron chi connectivity index (χ2n) is 5.36. The fourth-order valence-electron chi connectivity index (χ4n) is 2.48. The van der Waals surface area contributed by atoms with Gasteiger partial charge in [-0.15, -0.1) is 0 Å². The van der Waals surface area contributed by atoms with E-state index in [4.69, 9.17) is 4.74 Å². The molecule has 1 aliphatic carbocycles. The molecule has 1 saturated carbocycles. The van der Waals surface area contributed by atoms with Gasteiger partial charge in [0.2, 0.25) is 0 Å². The van der Waals surface area contributed by atoms with Gasteiger partial charge in [0, 0.05) is 5.56 Å². The Morgan fingerprint density at radius 1 is 1.28 bits per heavy atom. The van der Waals surface area contributed by atoms with Crippen LogP contribution in [0.3, 0.4) is 0 Å². The van der Waals surface area contributed by atoms with Gasteiger partial charge in [0.05, 0.1) is 12.2 Å². The normalized spacial score (nSPS) is 25.8. The van der Waals surface area contributed by atoms with Crippen LogP contribution in [0, 0.1) is 11.7 Å². The molecular formula is C15H21FO2. The Balaban J connectivity index is 2.09. The molecule has 100 valence electrons. The Morgan fingerprint density at radius 3 is 2.56 bits per heavy atom. The van der Waals surface area contributed by atoms with E-state index in [1.54, 1.807) is 13.0 Å². The molecule has 0 saturated heterocycles. The predicted molar refractivity (Wildman–Crippen MR) is 69.1 cm³/mol. The summed E-state index contributed by atoms with van der Waals surface area (Å²) in [6.07, 6.45) is 3.92. The quantitative estimate of drug-likeness (QED) is 0.885. The van der Waals surface area contributed by atoms with Gasteiger partial charge >= 0.3 is 0 Å². The molecule has 0 amide bonds. The number of benzene rings is 1. The molecule has 0 heterocycles. The zero-order valence-corrected chi connectivity index (χ0v) is 11.0. The first-order chi connectivity index (χ1) is 8.56. The van der Waals surface area contributed by atoms with Gasteiger partial charge in [-0.25, -0.2) is 4.39 Å². The third kappa shape index (κ3) is 3.22. The van der Waals surface area contributed by atoms with E-state index in [1.165, 1.54) is 25.0 Å². The van der Waals surface area contributed by atoms with Crippen LogP contribution in [-0.4, -0.2) is 11.2 Å². The van der Waals surface area contributed by atoms with Crippen LogP contribution in [0.15, 0.2) is 18.2 Å². The van der Waals surface area contributed by atoms with Crippen LogP contribution in [0.1, 0.15) is 51.2 Å². The van der Waals surface area contributed by atoms with Gasteiger partial charge in [0.1, 0.15) is 11.6 Å². The van der Waals surface area contributed by atoms with E-state index in [9.17, 15) is 9.50 Å². The van der Waals surface area contributed by atoms with Gasteiger partial charge in [0.15, 0.2) is 0 Å². The van der Waals surface area contributed by atoms with E-state index in [1.807, 2.05) is 0 Å². The third-order valence-electron chi connectivity index (χ3n) is 3.68. The smallest absolute Gasteiger partial charge is 0.125 e. The standard InChI is InChI=1S/C15H21FO2/c1-10-3-6-13(7-4-10)18-15-8-5-12(16)9-14(15)11(2)17/h5,8-11,13,17H,3-4,6-7H2,1-2H3/t10?,11-,13?/m1/s1. The van der Waals surface area contributed by atoms with Crippen LogP contribution >= 0.6 is 0 Å². The van der Waals surface area contributed by atoms with Crippen LogP contribution in [0.2, 0.25) is 0 Å². The number of rotatable bonds is 3. The highest BCUT2D eigenvalue weighted by Gasteiger charge is 2.21. The Labute approximate surface area is 108 Å². The Kier molecular flexibility index (Phi) is 4.23. The summed E-state index contributed by atoms with van der Waals surface area (Å²) >= 11 is 0. The molecule has 1 aromatic rings. The van der Waals surface area contributed by atoms with Crippen molar-refractivity contribution >= 4 is 0 Å². The molecule has 0 radical (unpaired) electrons. The summed E-state index contributed by atoms with van der Waals surface area (Å²) in [5.41, 5.74) is 0.536. The van der Waals surface area contributed by atoms with E-state index >= 15 is 0 Å². The van der Waals surface area contributed by atoms with Crippen molar-refractivity contribution in [2.75, 3.05) is 0 Å². The Bertz CT molecular complexity index is 395. The number of aliphatic hydroxyl groups excluding tert-OH is 1. The maximum atomic E-state index is 13.2. The second-order valence-corrected chi connectivity index (χ2v) is 5.36. The average molecular weight is 252 g/mol. The summed E-state index contributed by atoms with van der Waals surface area (Å²) in [7, 11) is 0. The van der Waals surface area contributed by atoms with Crippen LogP contribution in [0.5, 0.6) is 5.75 Å². The molecule has 18 heavy (non-hydrogen) atoms. The zero-order chi connectivity index (χ0) is 13.1. The number of hydrogen-bond acceptors (Lipinski definition) is 2. The molecule has 1 N–H and O–H groups in total. The lowest BCUT2D eigenvalue weighted by Crippen LogP contribution is -2.23. The van der Waals surface area contributed by atoms with Crippen LogP contribution in [-0.2, 0) is 0 Å². The van der Waals surface area contributed by atoms with Crippen molar-refractivity contribution in [3.8, 4) is 5.75 Å². The second kappa shape index (κ2) is 5.70. The number of halogens is 1. The topological polar surface area (TPSA) is 29.5 Å². The maximum absolute atomic E-state index is 13.2. The summed E-state index contributed by atoms with van der Waals surface area (Å²) in [5.74, 6) is 1.05. The largest absolute Gasteiger partial charge is 0.490 e. The number of aliphatic hydroxyl groups is 1. The average Bonchev–Trinajstić information content (AvgIpc) is 2.34. The molecule has 2 rings (SSSR count). The number of ether oxygens (including phenoxy) is 1. The van der Waals surface area contributed by atoms with Crippen molar-refractivity contribution < 1.29 is 14.2 Å². The molecule has 1 atom stereocenters. The third-order valence-corrected chi connectivity index (χ3v) is 3.68. The first-order valence-corrected chi connectivity index (χ1v) is 6.70. The number of hydrogen-bond donors (Lipinski definition) is 1. The van der Waals surface area contributed by atoms with Gasteiger partial charge in [-0.1, -0.05) is 6.92 Å². The van der Waals surface area contributed by atoms with Crippen LogP contribution in [0.25, 0.3) is 0 Å². The van der Waals surface area contributed by atoms with E-state index < -0.39 is 6.10 Å². The maximum Gasteiger partial charge on any atom is 0.125 e. The lowest BCUT2D eigenvalue weighted by atomic mass is 9.89. The molecule has 0 aliphatic heterocycles. The zero-order valence-electron chi connectivity index (χ0n) is 11.0. The SMILES string of the molecule is CC1CCC(Oc2ccc(F)cc2[C@@H](C)O)CC1. The van der Waals surface area contributed by atoms with Gasteiger partial charge < -0.3 is 9.84 Å². The van der Waals surface area contributed by atoms with Crippen LogP contribution < -0.4 is 4.74 Å². The van der Waals surface area contributed by atoms with Crippen molar-refractivity contribution in [3.05, 3.63) is 29.6 Å². The lowest BCUT2D eigenvalue weighted by Gasteiger charge is -2.28. The molecule has 0 unspecified atom stereocenters. The summed E-state index contributed by atoms with van der Waals surface area (Å²) in [6.45, 7) is 3.89. The van der Waals surface area contributed by atoms with E-state index in [-0.39, 0.29) is 11.9 Å². The molecule has 0 aromatic heterocycles. The van der Waals surface area contributed by atoms with Crippen LogP contribution in [0.4, 0.5) is 4.39 Å². The van der Waals surface area contributed by atoms with Crippen molar-refractivity contribution in [2.45, 2.75) is 51.7 Å². The minimum atomic E-state index is -0.710. The molecule has 0 bridgehead atoms. The fraction of sp³-hybridized carbons (Fsp3) is 0.600. The highest BCUT2D eigenvalue weighted by atomic mass is 19.1. The Hall–Kier alpha value is -1.09. The minimum absolute atomic E-state index is 0.198. The molecule has 3 heteroatoms. The van der Waals surface area contributed by atoms with Gasteiger partial charge in [-0.3, -0.25) is 0 Å². The predicted octanol–water partition coefficient (Wildman–Crippen LogP) is 3.84. The van der Waals surface area contributed by atoms with E-state index in [0.717, 1.165) is 18.8 Å². The molecule has 1 aromatic carbocycles. The first kappa shape index (κ1) is 13.3. The molecule has 0 spiro atoms. The van der Waals surface area contributed by atoms with E-state index in [0.29, 0.717) is 11.3 Å². The van der Waals surface area contributed by atoms with E-state index in [2.05, 4.69) is 6.92 Å². The van der Waals surface area contributed by atoms with Crippen molar-refractivity contribution in [3.63, 3.8) is 0 Å². The summed E-state index contributed by atoms with van der Waals surface area (Å²) in [5, 5.41) is 9.65. The van der Waals surface area contributed by atoms with Crippen molar-refractivity contribution in [1.82, 2.24) is 0 Å². The fourth-order valence-corrected chi connectivity index (χ4v) is 2.48. The van der Waals surface area contributed by atoms with Crippen molar-refractivity contribution in [2.24, 2.45) is 5.92 Å². The molecule has 1 aliphatic rings. The minimum Gasteiger partial charge on any atom is -0.490 e. The highest BCUT2D eigenvalue weighted by molar-refractivity contribution is 5.35. The monoisotopic (exact) mass is 252 g/mol. The summed E-state index contributed by atoms with van der Waals surface area (Å²) in [6, 6.07) is 4.35. The first-order valence-electron chi connectivity index (χ1n) is 6.70. The highest BCUT2D eigenvalue weighted by Crippen LogP contribution is 2.31. The lowest BCUT2D eigenvalue weighted by molar-refractivity contribution is 0.126. The Morgan fingerprint density at radius 2 is 1.94 bits per heavy atom.